The minimum Gasteiger partial charge on any atom is -1.00 e. The largest absolute Gasteiger partial charge is 1.00 e. The number of halogens is 2. The Kier molecular flexibility index (Phi) is 26.5. The van der Waals surface area contributed by atoms with E-state index in [2.05, 4.69) is 42.0 Å². The average Bonchev–Trinajstić information content (AvgIpc) is 2.02. The van der Waals surface area contributed by atoms with Gasteiger partial charge in [-0.05, 0) is 13.8 Å². The molecule has 0 spiro atoms. The number of hydrogen-bond acceptors (Lipinski definition) is 0. The fourth-order valence-electron chi connectivity index (χ4n) is 1.47. The summed E-state index contributed by atoms with van der Waals surface area (Å²) in [5, 5.41) is 0. The summed E-state index contributed by atoms with van der Waals surface area (Å²) in [4.78, 5) is 0. The van der Waals surface area contributed by atoms with E-state index in [0.29, 0.717) is 0 Å². The van der Waals surface area contributed by atoms with E-state index in [1.54, 1.807) is 0 Å². The molecule has 17 heavy (non-hydrogen) atoms. The van der Waals surface area contributed by atoms with Crippen molar-refractivity contribution in [3.05, 3.63) is 0 Å². The van der Waals surface area contributed by atoms with Gasteiger partial charge in [0.15, 0.2) is 0 Å². The first-order valence-electron chi connectivity index (χ1n) is 5.47. The zero-order valence-electron chi connectivity index (χ0n) is 11.7. The molecule has 0 amide bonds. The van der Waals surface area contributed by atoms with Crippen molar-refractivity contribution in [1.82, 2.24) is 0 Å². The maximum absolute atomic E-state index is 2.36. The van der Waals surface area contributed by atoms with Gasteiger partial charge in [0.1, 0.15) is 0 Å². The molecule has 0 aromatic carbocycles. The van der Waals surface area contributed by atoms with E-state index in [1.165, 1.54) is 37.1 Å². The fraction of sp³-hybridized carbons (Fsp3) is 1.00. The van der Waals surface area contributed by atoms with Gasteiger partial charge in [-0.2, -0.15) is 0 Å². The van der Waals surface area contributed by atoms with Crippen molar-refractivity contribution in [1.29, 1.82) is 0 Å². The van der Waals surface area contributed by atoms with Crippen molar-refractivity contribution in [2.75, 3.05) is 54.4 Å². The Morgan fingerprint density at radius 1 is 0.765 bits per heavy atom. The van der Waals surface area contributed by atoms with Gasteiger partial charge in [0.05, 0.1) is 54.4 Å². The molecular weight excluding hydrogens is 570 g/mol. The Morgan fingerprint density at radius 2 is 1.12 bits per heavy atom. The van der Waals surface area contributed by atoms with E-state index >= 15 is 0 Å². The Bertz CT molecular complexity index is 146. The molecule has 108 valence electrons. The molecule has 0 heterocycles. The SMILES string of the molecule is C.CC[N+](C)(CC)CCC[N+](C)(C)C.[Br-].[Br-].[U]. The number of hydrogen-bond donors (Lipinski definition) is 0. The van der Waals surface area contributed by atoms with Gasteiger partial charge in [-0.25, -0.2) is 0 Å². The van der Waals surface area contributed by atoms with E-state index in [1.807, 2.05) is 0 Å². The summed E-state index contributed by atoms with van der Waals surface area (Å²) in [5.74, 6) is 0. The van der Waals surface area contributed by atoms with Crippen LogP contribution in [0.1, 0.15) is 27.7 Å². The first-order chi connectivity index (χ1) is 5.83. The van der Waals surface area contributed by atoms with Gasteiger partial charge in [0, 0.05) is 37.5 Å². The third-order valence-electron chi connectivity index (χ3n) is 3.05. The summed E-state index contributed by atoms with van der Waals surface area (Å²) < 4.78 is 2.31. The normalized spacial score (nSPS) is 10.2. The van der Waals surface area contributed by atoms with E-state index in [0.717, 1.165) is 4.48 Å². The first-order valence-corrected chi connectivity index (χ1v) is 5.47. The smallest absolute Gasteiger partial charge is 0.0838 e. The second-order valence-corrected chi connectivity index (χ2v) is 5.34. The molecule has 0 aromatic heterocycles. The van der Waals surface area contributed by atoms with E-state index in [-0.39, 0.29) is 72.5 Å². The molecule has 2 nitrogen and oxygen atoms in total. The molecule has 0 aliphatic rings. The summed E-state index contributed by atoms with van der Waals surface area (Å²) >= 11 is 0. The van der Waals surface area contributed by atoms with Crippen LogP contribution in [0.4, 0.5) is 0 Å². The molecule has 0 bridgehead atoms. The van der Waals surface area contributed by atoms with E-state index in [9.17, 15) is 0 Å². The molecule has 0 atom stereocenters. The second kappa shape index (κ2) is 14.3. The third-order valence-corrected chi connectivity index (χ3v) is 3.05. The Hall–Kier alpha value is 1.93. The van der Waals surface area contributed by atoms with Crippen LogP contribution >= 0.6 is 0 Å². The van der Waals surface area contributed by atoms with E-state index in [4.69, 9.17) is 0 Å². The second-order valence-electron chi connectivity index (χ2n) is 5.34. The van der Waals surface area contributed by atoms with Gasteiger partial charge in [0.2, 0.25) is 0 Å². The summed E-state index contributed by atoms with van der Waals surface area (Å²) in [6, 6.07) is 0. The van der Waals surface area contributed by atoms with Crippen molar-refractivity contribution in [3.63, 3.8) is 0 Å². The Balaban J connectivity index is -0.000000120. The van der Waals surface area contributed by atoms with Crippen molar-refractivity contribution in [3.8, 4) is 0 Å². The molecule has 5 heteroatoms. The zero-order valence-corrected chi connectivity index (χ0v) is 19.0. The predicted octanol–water partition coefficient (Wildman–Crippen LogP) is -3.79. The topological polar surface area (TPSA) is 0 Å². The Morgan fingerprint density at radius 3 is 1.35 bits per heavy atom. The summed E-state index contributed by atoms with van der Waals surface area (Å²) in [6.45, 7) is 9.70. The molecule has 0 aliphatic carbocycles. The quantitative estimate of drug-likeness (QED) is 0.274. The van der Waals surface area contributed by atoms with Crippen LogP contribution in [0.25, 0.3) is 0 Å². The third kappa shape index (κ3) is 17.9. The molecule has 0 fully saturated rings. The number of rotatable bonds is 6. The maximum atomic E-state index is 2.36. The molecule has 0 aromatic rings. The molecule has 0 aliphatic heterocycles. The van der Waals surface area contributed by atoms with Crippen LogP contribution in [0.5, 0.6) is 0 Å². The standard InChI is InChI=1S/C11H28N2.CH4.2BrH.U/c1-7-13(6,8-2)11-9-10-12(3,4)5;;;;/h7-11H2,1-6H3;1H4;2*1H;/q+2;;;;/p-2. The first kappa shape index (κ1) is 31.4. The summed E-state index contributed by atoms with van der Waals surface area (Å²) in [6.07, 6.45) is 1.34. The van der Waals surface area contributed by atoms with Gasteiger partial charge >= 0.3 is 0 Å². The van der Waals surface area contributed by atoms with Crippen LogP contribution in [0.15, 0.2) is 0 Å². The Labute approximate surface area is 155 Å². The van der Waals surface area contributed by atoms with Crippen molar-refractivity contribution < 1.29 is 74.0 Å². The molecule has 0 radical (unpaired) electrons. The van der Waals surface area contributed by atoms with Crippen molar-refractivity contribution in [2.24, 2.45) is 0 Å². The maximum Gasteiger partial charge on any atom is 0.0838 e. The van der Waals surface area contributed by atoms with Gasteiger partial charge in [-0.1, -0.05) is 7.43 Å². The molecule has 0 N–H and O–H groups in total. The number of nitrogens with zero attached hydrogens (tertiary/aromatic N) is 2. The van der Waals surface area contributed by atoms with Crippen LogP contribution in [0, 0.1) is 31.1 Å². The van der Waals surface area contributed by atoms with E-state index < -0.39 is 0 Å². The minimum atomic E-state index is 0. The molecular formula is C12H32Br2N2U. The molecule has 0 rings (SSSR count). The van der Waals surface area contributed by atoms with Gasteiger partial charge in [-0.3, -0.25) is 0 Å². The summed E-state index contributed by atoms with van der Waals surface area (Å²) in [5.41, 5.74) is 0. The average molecular weight is 602 g/mol. The van der Waals surface area contributed by atoms with Crippen LogP contribution in [-0.4, -0.2) is 63.3 Å². The van der Waals surface area contributed by atoms with Crippen molar-refractivity contribution in [2.45, 2.75) is 27.7 Å². The number of quaternary nitrogens is 2. The van der Waals surface area contributed by atoms with Gasteiger partial charge in [-0.15, -0.1) is 0 Å². The molecule has 0 unspecified atom stereocenters. The molecule has 0 saturated carbocycles. The van der Waals surface area contributed by atoms with Crippen molar-refractivity contribution >= 4 is 0 Å². The zero-order chi connectivity index (χ0) is 10.5. The monoisotopic (exact) mass is 600 g/mol. The summed E-state index contributed by atoms with van der Waals surface area (Å²) in [7, 11) is 9.16. The van der Waals surface area contributed by atoms with Crippen LogP contribution < -0.4 is 34.0 Å². The minimum absolute atomic E-state index is 0. The van der Waals surface area contributed by atoms with Gasteiger partial charge in [0.25, 0.3) is 0 Å². The van der Waals surface area contributed by atoms with Crippen LogP contribution in [0.3, 0.4) is 0 Å². The van der Waals surface area contributed by atoms with Gasteiger partial charge < -0.3 is 42.9 Å². The van der Waals surface area contributed by atoms with Crippen LogP contribution in [0.2, 0.25) is 0 Å². The van der Waals surface area contributed by atoms with Crippen LogP contribution in [-0.2, 0) is 0 Å². The fourth-order valence-corrected chi connectivity index (χ4v) is 1.47. The molecule has 0 saturated heterocycles. The predicted molar refractivity (Wildman–Crippen MR) is 66.4 cm³/mol.